The average molecular weight is 101 g/mol. The van der Waals surface area contributed by atoms with E-state index in [9.17, 15) is 0 Å². The third-order valence-corrected chi connectivity index (χ3v) is 1.40. The SMILES string of the molecule is OCC[C@@H]1CCN1. The van der Waals surface area contributed by atoms with Gasteiger partial charge in [-0.3, -0.25) is 0 Å². The summed E-state index contributed by atoms with van der Waals surface area (Å²) >= 11 is 0. The lowest BCUT2D eigenvalue weighted by atomic mass is 10.1. The summed E-state index contributed by atoms with van der Waals surface area (Å²) < 4.78 is 0. The van der Waals surface area contributed by atoms with Gasteiger partial charge in [0, 0.05) is 12.6 Å². The Morgan fingerprint density at radius 1 is 1.71 bits per heavy atom. The molecule has 0 amide bonds. The first-order valence-corrected chi connectivity index (χ1v) is 2.77. The van der Waals surface area contributed by atoms with Crippen molar-refractivity contribution in [2.75, 3.05) is 13.2 Å². The smallest absolute Gasteiger partial charge is 0.0445 e. The van der Waals surface area contributed by atoms with Crippen LogP contribution >= 0.6 is 0 Å². The normalized spacial score (nSPS) is 29.6. The highest BCUT2D eigenvalue weighted by molar-refractivity contribution is 4.76. The van der Waals surface area contributed by atoms with E-state index in [1.807, 2.05) is 0 Å². The number of hydrogen-bond acceptors (Lipinski definition) is 2. The minimum atomic E-state index is 0.331. The minimum Gasteiger partial charge on any atom is -0.396 e. The van der Waals surface area contributed by atoms with E-state index in [4.69, 9.17) is 5.11 Å². The lowest BCUT2D eigenvalue weighted by Crippen LogP contribution is -2.43. The van der Waals surface area contributed by atoms with Gasteiger partial charge in [-0.05, 0) is 19.4 Å². The van der Waals surface area contributed by atoms with E-state index in [0.29, 0.717) is 12.6 Å². The Kier molecular flexibility index (Phi) is 1.65. The maximum Gasteiger partial charge on any atom is 0.0445 e. The summed E-state index contributed by atoms with van der Waals surface area (Å²) in [5, 5.41) is 11.5. The minimum absolute atomic E-state index is 0.331. The van der Waals surface area contributed by atoms with E-state index in [-0.39, 0.29) is 0 Å². The van der Waals surface area contributed by atoms with Gasteiger partial charge in [-0.15, -0.1) is 0 Å². The fourth-order valence-electron chi connectivity index (χ4n) is 0.751. The molecule has 1 heterocycles. The molecule has 0 aliphatic carbocycles. The number of aliphatic hydroxyl groups is 1. The van der Waals surface area contributed by atoms with Crippen LogP contribution in [0.3, 0.4) is 0 Å². The van der Waals surface area contributed by atoms with Crippen molar-refractivity contribution in [3.8, 4) is 0 Å². The van der Waals surface area contributed by atoms with Crippen LogP contribution in [-0.4, -0.2) is 24.3 Å². The van der Waals surface area contributed by atoms with Crippen LogP contribution in [0, 0.1) is 0 Å². The lowest BCUT2D eigenvalue weighted by molar-refractivity contribution is 0.236. The summed E-state index contributed by atoms with van der Waals surface area (Å²) in [4.78, 5) is 0. The first-order valence-electron chi connectivity index (χ1n) is 2.77. The molecule has 0 unspecified atom stereocenters. The van der Waals surface area contributed by atoms with E-state index in [2.05, 4.69) is 5.32 Å². The zero-order valence-electron chi connectivity index (χ0n) is 4.35. The predicted molar refractivity (Wildman–Crippen MR) is 28.1 cm³/mol. The molecule has 42 valence electrons. The van der Waals surface area contributed by atoms with Crippen molar-refractivity contribution in [3.05, 3.63) is 0 Å². The molecule has 1 rings (SSSR count). The molecule has 7 heavy (non-hydrogen) atoms. The van der Waals surface area contributed by atoms with Gasteiger partial charge >= 0.3 is 0 Å². The van der Waals surface area contributed by atoms with Crippen LogP contribution in [0.4, 0.5) is 0 Å². The summed E-state index contributed by atoms with van der Waals surface area (Å²) in [6.45, 7) is 1.47. The molecule has 0 radical (unpaired) electrons. The van der Waals surface area contributed by atoms with Gasteiger partial charge < -0.3 is 10.4 Å². The molecule has 2 N–H and O–H groups in total. The Labute approximate surface area is 43.5 Å². The fourth-order valence-corrected chi connectivity index (χ4v) is 0.751. The molecule has 1 saturated heterocycles. The van der Waals surface area contributed by atoms with E-state index < -0.39 is 0 Å². The predicted octanol–water partition coefficient (Wildman–Crippen LogP) is -0.269. The quantitative estimate of drug-likeness (QED) is 0.502. The molecule has 1 aliphatic rings. The maximum absolute atomic E-state index is 8.36. The van der Waals surface area contributed by atoms with Crippen molar-refractivity contribution in [1.29, 1.82) is 0 Å². The largest absolute Gasteiger partial charge is 0.396 e. The number of aliphatic hydroxyl groups excluding tert-OH is 1. The highest BCUT2D eigenvalue weighted by Crippen LogP contribution is 2.04. The monoisotopic (exact) mass is 101 g/mol. The average Bonchev–Trinajstić information content (AvgIpc) is 1.55. The van der Waals surface area contributed by atoms with Gasteiger partial charge in [-0.1, -0.05) is 0 Å². The summed E-state index contributed by atoms with van der Waals surface area (Å²) in [5.74, 6) is 0. The van der Waals surface area contributed by atoms with Crippen LogP contribution in [-0.2, 0) is 0 Å². The third kappa shape index (κ3) is 1.14. The summed E-state index contributed by atoms with van der Waals surface area (Å²) in [5.41, 5.74) is 0. The summed E-state index contributed by atoms with van der Waals surface area (Å²) in [7, 11) is 0. The van der Waals surface area contributed by atoms with Gasteiger partial charge in [0.05, 0.1) is 0 Å². The lowest BCUT2D eigenvalue weighted by Gasteiger charge is -2.26. The van der Waals surface area contributed by atoms with Gasteiger partial charge in [-0.25, -0.2) is 0 Å². The summed E-state index contributed by atoms with van der Waals surface area (Å²) in [6, 6.07) is 0.630. The van der Waals surface area contributed by atoms with Gasteiger partial charge in [0.25, 0.3) is 0 Å². The summed E-state index contributed by atoms with van der Waals surface area (Å²) in [6.07, 6.45) is 2.18. The van der Waals surface area contributed by atoms with Crippen molar-refractivity contribution in [3.63, 3.8) is 0 Å². The molecule has 0 saturated carbocycles. The van der Waals surface area contributed by atoms with Crippen molar-refractivity contribution in [1.82, 2.24) is 5.32 Å². The Bertz CT molecular complexity index is 52.0. The molecule has 2 heteroatoms. The van der Waals surface area contributed by atoms with E-state index >= 15 is 0 Å². The van der Waals surface area contributed by atoms with Gasteiger partial charge in [0.1, 0.15) is 0 Å². The van der Waals surface area contributed by atoms with Crippen molar-refractivity contribution in [2.45, 2.75) is 18.9 Å². The molecular weight excluding hydrogens is 90.1 g/mol. The fraction of sp³-hybridized carbons (Fsp3) is 1.00. The molecule has 0 spiro atoms. The van der Waals surface area contributed by atoms with Crippen LogP contribution in [0.15, 0.2) is 0 Å². The van der Waals surface area contributed by atoms with Crippen LogP contribution in [0.2, 0.25) is 0 Å². The third-order valence-electron chi connectivity index (χ3n) is 1.40. The molecule has 0 aromatic heterocycles. The van der Waals surface area contributed by atoms with Crippen LogP contribution in [0.5, 0.6) is 0 Å². The second kappa shape index (κ2) is 2.28. The van der Waals surface area contributed by atoms with Crippen molar-refractivity contribution in [2.24, 2.45) is 0 Å². The Morgan fingerprint density at radius 2 is 2.43 bits per heavy atom. The van der Waals surface area contributed by atoms with Gasteiger partial charge in [-0.2, -0.15) is 0 Å². The highest BCUT2D eigenvalue weighted by Gasteiger charge is 2.13. The van der Waals surface area contributed by atoms with E-state index in [1.54, 1.807) is 0 Å². The molecule has 1 aliphatic heterocycles. The Morgan fingerprint density at radius 3 is 2.57 bits per heavy atom. The standard InChI is InChI=1S/C5H11NO/c7-4-2-5-1-3-6-5/h5-7H,1-4H2/t5-/m0/s1. The zero-order chi connectivity index (χ0) is 5.11. The van der Waals surface area contributed by atoms with Gasteiger partial charge in [0.15, 0.2) is 0 Å². The Hall–Kier alpha value is -0.0800. The number of rotatable bonds is 2. The van der Waals surface area contributed by atoms with Crippen molar-refractivity contribution < 1.29 is 5.11 Å². The number of hydrogen-bond donors (Lipinski definition) is 2. The van der Waals surface area contributed by atoms with Gasteiger partial charge in [0.2, 0.25) is 0 Å². The van der Waals surface area contributed by atoms with Crippen molar-refractivity contribution >= 4 is 0 Å². The van der Waals surface area contributed by atoms with E-state index in [0.717, 1.165) is 13.0 Å². The van der Waals surface area contributed by atoms with Crippen LogP contribution in [0.1, 0.15) is 12.8 Å². The topological polar surface area (TPSA) is 32.3 Å². The molecule has 2 nitrogen and oxygen atoms in total. The molecule has 1 atom stereocenters. The van der Waals surface area contributed by atoms with E-state index in [1.165, 1.54) is 6.42 Å². The molecule has 1 fully saturated rings. The zero-order valence-corrected chi connectivity index (χ0v) is 4.35. The highest BCUT2D eigenvalue weighted by atomic mass is 16.3. The molecule has 0 aromatic carbocycles. The molecular formula is C5H11NO. The first-order chi connectivity index (χ1) is 3.43. The first kappa shape index (κ1) is 5.06. The second-order valence-corrected chi connectivity index (χ2v) is 1.95. The number of nitrogens with one attached hydrogen (secondary N) is 1. The second-order valence-electron chi connectivity index (χ2n) is 1.95. The molecule has 0 bridgehead atoms. The van der Waals surface area contributed by atoms with Crippen LogP contribution < -0.4 is 5.32 Å². The molecule has 0 aromatic rings. The van der Waals surface area contributed by atoms with Crippen LogP contribution in [0.25, 0.3) is 0 Å². The Balaban J connectivity index is 1.93. The maximum atomic E-state index is 8.36.